The van der Waals surface area contributed by atoms with Crippen LogP contribution in [0.4, 0.5) is 0 Å². The zero-order chi connectivity index (χ0) is 37.1. The molecule has 10 aromatic rings. The number of nitrogens with zero attached hydrogens (tertiary/aromatic N) is 2. The summed E-state index contributed by atoms with van der Waals surface area (Å²) in [6.45, 7) is 0. The first-order chi connectivity index (χ1) is 27.8. The maximum atomic E-state index is 6.11. The van der Waals surface area contributed by atoms with Crippen molar-refractivity contribution >= 4 is 21.9 Å². The number of rotatable bonds is 6. The number of para-hydroxylation sites is 1. The van der Waals surface area contributed by atoms with E-state index in [1.54, 1.807) is 0 Å². The van der Waals surface area contributed by atoms with Crippen LogP contribution < -0.4 is 0 Å². The highest BCUT2D eigenvalue weighted by Gasteiger charge is 2.47. The highest BCUT2D eigenvalue weighted by Crippen LogP contribution is 2.57. The first-order valence-corrected chi connectivity index (χ1v) is 19.1. The fraction of sp³-hybridized carbons (Fsp3) is 0.0189. The average Bonchev–Trinajstić information content (AvgIpc) is 3.80. The molecule has 0 N–H and O–H groups in total. The molecule has 3 heteroatoms. The number of hydrogen-bond acceptors (Lipinski definition) is 3. The Morgan fingerprint density at radius 2 is 0.857 bits per heavy atom. The Hall–Kier alpha value is -7.36. The molecular weight excluding hydrogens is 681 g/mol. The van der Waals surface area contributed by atoms with E-state index in [-0.39, 0.29) is 0 Å². The van der Waals surface area contributed by atoms with Crippen LogP contribution in [-0.4, -0.2) is 9.97 Å². The number of hydrogen-bond donors (Lipinski definition) is 0. The Balaban J connectivity index is 1.09. The maximum absolute atomic E-state index is 6.11. The lowest BCUT2D eigenvalue weighted by Gasteiger charge is -2.35. The third kappa shape index (κ3) is 4.98. The third-order valence-corrected chi connectivity index (χ3v) is 11.4. The van der Waals surface area contributed by atoms with E-state index in [0.717, 1.165) is 61.1 Å². The molecule has 0 bridgehead atoms. The monoisotopic (exact) mass is 714 g/mol. The van der Waals surface area contributed by atoms with Gasteiger partial charge in [-0.15, -0.1) is 0 Å². The molecule has 0 atom stereocenters. The van der Waals surface area contributed by atoms with Gasteiger partial charge in [-0.3, -0.25) is 0 Å². The summed E-state index contributed by atoms with van der Waals surface area (Å²) in [5.74, 6) is 0.690. The van der Waals surface area contributed by atoms with Gasteiger partial charge in [-0.25, -0.2) is 9.97 Å². The second-order valence-corrected chi connectivity index (χ2v) is 14.5. The summed E-state index contributed by atoms with van der Waals surface area (Å²) in [6, 6.07) is 73.3. The standard InChI is InChI=1S/C53H34N2O/c1-3-15-37(16-4-1)52-54-48(36-29-27-35(28-30-36)38-31-32-51-44(33-38)42-21-10-14-26-50(42)56-51)34-49(55-52)43-22-9-13-25-47(43)53(39-17-5-2-6-18-39)45-23-11-7-19-40(45)41-20-8-12-24-46(41)53/h1-34H. The first kappa shape index (κ1) is 32.1. The summed E-state index contributed by atoms with van der Waals surface area (Å²) in [5, 5.41) is 2.25. The van der Waals surface area contributed by atoms with Gasteiger partial charge in [0.2, 0.25) is 0 Å². The molecule has 0 amide bonds. The largest absolute Gasteiger partial charge is 0.456 e. The molecule has 0 aliphatic heterocycles. The number of fused-ring (bicyclic) bond motifs is 6. The molecule has 0 saturated heterocycles. The fourth-order valence-corrected chi connectivity index (χ4v) is 8.90. The van der Waals surface area contributed by atoms with Gasteiger partial charge in [0, 0.05) is 27.5 Å². The minimum Gasteiger partial charge on any atom is -0.456 e. The van der Waals surface area contributed by atoms with Crippen molar-refractivity contribution in [3.05, 3.63) is 229 Å². The average molecular weight is 715 g/mol. The van der Waals surface area contributed by atoms with E-state index < -0.39 is 5.41 Å². The molecule has 0 spiro atoms. The highest BCUT2D eigenvalue weighted by atomic mass is 16.3. The highest BCUT2D eigenvalue weighted by molar-refractivity contribution is 6.06. The van der Waals surface area contributed by atoms with Crippen LogP contribution in [0.25, 0.3) is 78.1 Å². The van der Waals surface area contributed by atoms with Gasteiger partial charge in [-0.05, 0) is 68.8 Å². The number of furan rings is 1. The Labute approximate surface area is 325 Å². The molecule has 1 aliphatic carbocycles. The molecule has 11 rings (SSSR count). The third-order valence-electron chi connectivity index (χ3n) is 11.4. The van der Waals surface area contributed by atoms with Gasteiger partial charge in [0.15, 0.2) is 5.82 Å². The van der Waals surface area contributed by atoms with Crippen molar-refractivity contribution < 1.29 is 4.42 Å². The fourth-order valence-electron chi connectivity index (χ4n) is 8.90. The van der Waals surface area contributed by atoms with Crippen LogP contribution in [0.1, 0.15) is 22.3 Å². The van der Waals surface area contributed by atoms with Crippen molar-refractivity contribution in [3.8, 4) is 56.2 Å². The summed E-state index contributed by atoms with van der Waals surface area (Å²) < 4.78 is 6.11. The summed E-state index contributed by atoms with van der Waals surface area (Å²) in [7, 11) is 0. The Kier molecular flexibility index (Phi) is 7.39. The lowest BCUT2D eigenvalue weighted by Crippen LogP contribution is -2.29. The topological polar surface area (TPSA) is 38.9 Å². The van der Waals surface area contributed by atoms with Crippen molar-refractivity contribution in [1.82, 2.24) is 9.97 Å². The van der Waals surface area contributed by atoms with E-state index in [0.29, 0.717) is 5.82 Å². The van der Waals surface area contributed by atoms with Crippen molar-refractivity contribution in [1.29, 1.82) is 0 Å². The summed E-state index contributed by atoms with van der Waals surface area (Å²) in [5.41, 5.74) is 15.8. The van der Waals surface area contributed by atoms with Crippen LogP contribution >= 0.6 is 0 Å². The van der Waals surface area contributed by atoms with Crippen molar-refractivity contribution in [2.75, 3.05) is 0 Å². The molecule has 8 aromatic carbocycles. The molecular formula is C53H34N2O. The lowest BCUT2D eigenvalue weighted by atomic mass is 9.66. The van der Waals surface area contributed by atoms with Gasteiger partial charge in [0.05, 0.1) is 16.8 Å². The quantitative estimate of drug-likeness (QED) is 0.172. The van der Waals surface area contributed by atoms with Gasteiger partial charge < -0.3 is 4.42 Å². The van der Waals surface area contributed by atoms with Crippen LogP contribution in [0.15, 0.2) is 211 Å². The zero-order valence-electron chi connectivity index (χ0n) is 30.4. The first-order valence-electron chi connectivity index (χ1n) is 19.1. The molecule has 2 aromatic heterocycles. The van der Waals surface area contributed by atoms with Crippen LogP contribution in [0, 0.1) is 0 Å². The van der Waals surface area contributed by atoms with Gasteiger partial charge >= 0.3 is 0 Å². The maximum Gasteiger partial charge on any atom is 0.160 e. The van der Waals surface area contributed by atoms with Crippen LogP contribution in [-0.2, 0) is 5.41 Å². The Morgan fingerprint density at radius 1 is 0.339 bits per heavy atom. The predicted molar refractivity (Wildman–Crippen MR) is 228 cm³/mol. The summed E-state index contributed by atoms with van der Waals surface area (Å²) >= 11 is 0. The van der Waals surface area contributed by atoms with Crippen LogP contribution in [0.5, 0.6) is 0 Å². The molecule has 1 aliphatic rings. The van der Waals surface area contributed by atoms with Crippen molar-refractivity contribution in [2.45, 2.75) is 5.41 Å². The van der Waals surface area contributed by atoms with E-state index in [9.17, 15) is 0 Å². The molecule has 3 nitrogen and oxygen atoms in total. The second-order valence-electron chi connectivity index (χ2n) is 14.5. The van der Waals surface area contributed by atoms with E-state index in [4.69, 9.17) is 14.4 Å². The minimum atomic E-state index is -0.563. The van der Waals surface area contributed by atoms with Crippen molar-refractivity contribution in [2.24, 2.45) is 0 Å². The lowest BCUT2D eigenvalue weighted by molar-refractivity contribution is 0.669. The number of aromatic nitrogens is 2. The normalized spacial score (nSPS) is 12.8. The SMILES string of the molecule is c1ccc(-c2nc(-c3ccc(-c4ccc5oc6ccccc6c5c4)cc3)cc(-c3ccccc3C3(c4ccccc4)c4ccccc4-c4ccccc43)n2)cc1. The van der Waals surface area contributed by atoms with E-state index >= 15 is 0 Å². The van der Waals surface area contributed by atoms with Crippen LogP contribution in [0.3, 0.4) is 0 Å². The zero-order valence-corrected chi connectivity index (χ0v) is 30.4. The molecule has 262 valence electrons. The van der Waals surface area contributed by atoms with Gasteiger partial charge in [-0.1, -0.05) is 182 Å². The number of benzene rings is 8. The molecule has 0 radical (unpaired) electrons. The second kappa shape index (κ2) is 12.9. The molecule has 0 saturated carbocycles. The molecule has 0 unspecified atom stereocenters. The summed E-state index contributed by atoms with van der Waals surface area (Å²) in [4.78, 5) is 10.6. The Bertz CT molecular complexity index is 3030. The van der Waals surface area contributed by atoms with E-state index in [1.807, 2.05) is 30.3 Å². The molecule has 56 heavy (non-hydrogen) atoms. The molecule has 0 fully saturated rings. The van der Waals surface area contributed by atoms with E-state index in [2.05, 4.69) is 176 Å². The predicted octanol–water partition coefficient (Wildman–Crippen LogP) is 13.4. The van der Waals surface area contributed by atoms with Crippen LogP contribution in [0.2, 0.25) is 0 Å². The Morgan fingerprint density at radius 3 is 1.57 bits per heavy atom. The van der Waals surface area contributed by atoms with E-state index in [1.165, 1.54) is 33.4 Å². The molecule has 2 heterocycles. The van der Waals surface area contributed by atoms with Crippen molar-refractivity contribution in [3.63, 3.8) is 0 Å². The van der Waals surface area contributed by atoms with Gasteiger partial charge in [0.1, 0.15) is 11.2 Å². The smallest absolute Gasteiger partial charge is 0.160 e. The summed E-state index contributed by atoms with van der Waals surface area (Å²) in [6.07, 6.45) is 0. The van der Waals surface area contributed by atoms with Gasteiger partial charge in [0.25, 0.3) is 0 Å². The minimum absolute atomic E-state index is 0.563. The van der Waals surface area contributed by atoms with Gasteiger partial charge in [-0.2, -0.15) is 0 Å².